The Labute approximate surface area is 79.2 Å². The Balaban J connectivity index is 3.51. The topological polar surface area (TPSA) is 22.0 Å². The molecular formula is C11H17NO. The van der Waals surface area contributed by atoms with Gasteiger partial charge in [-0.25, -0.2) is 0 Å². The lowest BCUT2D eigenvalue weighted by molar-refractivity contribution is 0.751. The Kier molecular flexibility index (Phi) is 2.60. The summed E-state index contributed by atoms with van der Waals surface area (Å²) in [6.45, 7) is 8.11. The molecule has 0 saturated carbocycles. The van der Waals surface area contributed by atoms with E-state index in [9.17, 15) is 4.79 Å². The molecule has 1 aromatic heterocycles. The van der Waals surface area contributed by atoms with Gasteiger partial charge in [-0.1, -0.05) is 13.8 Å². The molecule has 0 fully saturated rings. The molecule has 72 valence electrons. The molecule has 2 heteroatoms. The summed E-state index contributed by atoms with van der Waals surface area (Å²) in [5, 5.41) is 0. The molecule has 0 atom stereocenters. The van der Waals surface area contributed by atoms with E-state index in [2.05, 4.69) is 0 Å². The van der Waals surface area contributed by atoms with Gasteiger partial charge in [0.25, 0.3) is 5.56 Å². The average molecular weight is 179 g/mol. The van der Waals surface area contributed by atoms with Crippen molar-refractivity contribution in [3.8, 4) is 0 Å². The summed E-state index contributed by atoms with van der Waals surface area (Å²) in [7, 11) is 1.83. The van der Waals surface area contributed by atoms with E-state index in [1.54, 1.807) is 4.57 Å². The number of hydrogen-bond acceptors (Lipinski definition) is 1. The van der Waals surface area contributed by atoms with Gasteiger partial charge in [0.05, 0.1) is 0 Å². The van der Waals surface area contributed by atoms with Gasteiger partial charge in [0, 0.05) is 18.3 Å². The minimum atomic E-state index is 0.137. The lowest BCUT2D eigenvalue weighted by atomic mass is 10.0. The van der Waals surface area contributed by atoms with Gasteiger partial charge in [-0.2, -0.15) is 0 Å². The zero-order valence-electron chi connectivity index (χ0n) is 9.01. The molecule has 0 N–H and O–H groups in total. The average Bonchev–Trinajstić information content (AvgIpc) is 2.07. The van der Waals surface area contributed by atoms with Gasteiger partial charge in [-0.3, -0.25) is 4.79 Å². The van der Waals surface area contributed by atoms with Crippen molar-refractivity contribution < 1.29 is 0 Å². The lowest BCUT2D eigenvalue weighted by Gasteiger charge is -2.12. The Morgan fingerprint density at radius 1 is 1.31 bits per heavy atom. The van der Waals surface area contributed by atoms with Crippen LogP contribution in [-0.2, 0) is 7.05 Å². The molecule has 1 heterocycles. The van der Waals surface area contributed by atoms with Crippen molar-refractivity contribution in [1.82, 2.24) is 4.57 Å². The molecule has 2 nitrogen and oxygen atoms in total. The molecule has 0 aliphatic carbocycles. The fraction of sp³-hybridized carbons (Fsp3) is 0.545. The molecular weight excluding hydrogens is 162 g/mol. The van der Waals surface area contributed by atoms with Crippen LogP contribution in [0.2, 0.25) is 0 Å². The third kappa shape index (κ3) is 1.67. The smallest absolute Gasteiger partial charge is 0.253 e. The third-order valence-electron chi connectivity index (χ3n) is 2.62. The predicted molar refractivity (Wildman–Crippen MR) is 55.2 cm³/mol. The Morgan fingerprint density at radius 3 is 2.31 bits per heavy atom. The molecule has 0 unspecified atom stereocenters. The molecule has 1 rings (SSSR count). The van der Waals surface area contributed by atoms with Gasteiger partial charge >= 0.3 is 0 Å². The Morgan fingerprint density at radius 2 is 1.85 bits per heavy atom. The quantitative estimate of drug-likeness (QED) is 0.647. The van der Waals surface area contributed by atoms with Crippen molar-refractivity contribution >= 4 is 0 Å². The van der Waals surface area contributed by atoms with Crippen LogP contribution in [0.1, 0.15) is 36.6 Å². The SMILES string of the molecule is Cc1cc(C(C)C)c(=O)n(C)c1C. The molecule has 1 aromatic rings. The number of rotatable bonds is 1. The van der Waals surface area contributed by atoms with Gasteiger partial charge in [0.2, 0.25) is 0 Å². The van der Waals surface area contributed by atoms with E-state index in [1.165, 1.54) is 5.56 Å². The van der Waals surface area contributed by atoms with Crippen LogP contribution in [0.3, 0.4) is 0 Å². The second-order valence-electron chi connectivity index (χ2n) is 3.89. The second kappa shape index (κ2) is 3.36. The maximum absolute atomic E-state index is 11.7. The summed E-state index contributed by atoms with van der Waals surface area (Å²) in [5.74, 6) is 0.304. The largest absolute Gasteiger partial charge is 0.316 e. The van der Waals surface area contributed by atoms with Crippen LogP contribution in [0.4, 0.5) is 0 Å². The van der Waals surface area contributed by atoms with Crippen molar-refractivity contribution in [1.29, 1.82) is 0 Å². The highest BCUT2D eigenvalue weighted by Gasteiger charge is 2.09. The number of aromatic nitrogens is 1. The number of hydrogen-bond donors (Lipinski definition) is 0. The van der Waals surface area contributed by atoms with Crippen LogP contribution in [0.25, 0.3) is 0 Å². The number of nitrogens with zero attached hydrogens (tertiary/aromatic N) is 1. The van der Waals surface area contributed by atoms with Gasteiger partial charge in [-0.05, 0) is 31.4 Å². The van der Waals surface area contributed by atoms with Crippen LogP contribution < -0.4 is 5.56 Å². The summed E-state index contributed by atoms with van der Waals surface area (Å²) >= 11 is 0. The van der Waals surface area contributed by atoms with E-state index in [0.717, 1.165) is 11.3 Å². The van der Waals surface area contributed by atoms with Gasteiger partial charge in [0.1, 0.15) is 0 Å². The van der Waals surface area contributed by atoms with Crippen LogP contribution in [0, 0.1) is 13.8 Å². The lowest BCUT2D eigenvalue weighted by Crippen LogP contribution is -2.24. The molecule has 0 bridgehead atoms. The highest BCUT2D eigenvalue weighted by atomic mass is 16.1. The van der Waals surface area contributed by atoms with E-state index >= 15 is 0 Å². The number of aryl methyl sites for hydroxylation is 1. The monoisotopic (exact) mass is 179 g/mol. The van der Waals surface area contributed by atoms with Crippen LogP contribution >= 0.6 is 0 Å². The Bertz CT molecular complexity index is 374. The minimum absolute atomic E-state index is 0.137. The molecule has 0 amide bonds. The summed E-state index contributed by atoms with van der Waals surface area (Å²) in [6, 6.07) is 2.00. The maximum Gasteiger partial charge on any atom is 0.253 e. The van der Waals surface area contributed by atoms with Gasteiger partial charge < -0.3 is 4.57 Å². The van der Waals surface area contributed by atoms with Crippen molar-refractivity contribution in [3.63, 3.8) is 0 Å². The van der Waals surface area contributed by atoms with Crippen molar-refractivity contribution in [3.05, 3.63) is 33.2 Å². The van der Waals surface area contributed by atoms with E-state index in [4.69, 9.17) is 0 Å². The summed E-state index contributed by atoms with van der Waals surface area (Å²) < 4.78 is 1.73. The first-order valence-electron chi connectivity index (χ1n) is 4.62. The van der Waals surface area contributed by atoms with E-state index < -0.39 is 0 Å². The van der Waals surface area contributed by atoms with Crippen LogP contribution in [0.5, 0.6) is 0 Å². The fourth-order valence-corrected chi connectivity index (χ4v) is 1.42. The fourth-order valence-electron chi connectivity index (χ4n) is 1.42. The molecule has 0 spiro atoms. The molecule has 0 aliphatic rings. The Hall–Kier alpha value is -1.05. The first kappa shape index (κ1) is 10.0. The van der Waals surface area contributed by atoms with Crippen LogP contribution in [-0.4, -0.2) is 4.57 Å². The maximum atomic E-state index is 11.7. The van der Waals surface area contributed by atoms with E-state index in [0.29, 0.717) is 5.92 Å². The van der Waals surface area contributed by atoms with Crippen LogP contribution in [0.15, 0.2) is 10.9 Å². The highest BCUT2D eigenvalue weighted by Crippen LogP contribution is 2.13. The summed E-state index contributed by atoms with van der Waals surface area (Å²) in [6.07, 6.45) is 0. The van der Waals surface area contributed by atoms with E-state index in [-0.39, 0.29) is 5.56 Å². The highest BCUT2D eigenvalue weighted by molar-refractivity contribution is 5.26. The zero-order valence-corrected chi connectivity index (χ0v) is 9.01. The zero-order chi connectivity index (χ0) is 10.2. The van der Waals surface area contributed by atoms with Crippen molar-refractivity contribution in [2.24, 2.45) is 7.05 Å². The molecule has 0 aliphatic heterocycles. The summed E-state index contributed by atoms with van der Waals surface area (Å²) in [5.41, 5.74) is 3.28. The molecule has 0 aromatic carbocycles. The normalized spacial score (nSPS) is 10.9. The first-order valence-corrected chi connectivity index (χ1v) is 4.62. The van der Waals surface area contributed by atoms with Gasteiger partial charge in [0.15, 0.2) is 0 Å². The molecule has 0 saturated heterocycles. The molecule has 13 heavy (non-hydrogen) atoms. The van der Waals surface area contributed by atoms with E-state index in [1.807, 2.05) is 40.8 Å². The molecule has 0 radical (unpaired) electrons. The summed E-state index contributed by atoms with van der Waals surface area (Å²) in [4.78, 5) is 11.7. The first-order chi connectivity index (χ1) is 5.95. The van der Waals surface area contributed by atoms with Gasteiger partial charge in [-0.15, -0.1) is 0 Å². The predicted octanol–water partition coefficient (Wildman–Crippen LogP) is 2.13. The van der Waals surface area contributed by atoms with Crippen molar-refractivity contribution in [2.75, 3.05) is 0 Å². The van der Waals surface area contributed by atoms with Crippen molar-refractivity contribution in [2.45, 2.75) is 33.6 Å². The minimum Gasteiger partial charge on any atom is -0.316 e. The second-order valence-corrected chi connectivity index (χ2v) is 3.89. The standard InChI is InChI=1S/C11H17NO/c1-7(2)10-6-8(3)9(4)12(5)11(10)13/h6-7H,1-5H3. The third-order valence-corrected chi connectivity index (χ3v) is 2.62. The number of pyridine rings is 1.